The number of carbonyl (C=O) groups excluding carboxylic acids is 1. The first-order chi connectivity index (χ1) is 10.2. The minimum Gasteiger partial charge on any atom is -0.366 e. The zero-order chi connectivity index (χ0) is 14.8. The molecule has 1 amide bonds. The molecule has 21 heavy (non-hydrogen) atoms. The molecule has 0 unspecified atom stereocenters. The molecule has 0 atom stereocenters. The maximum absolute atomic E-state index is 11.1. The van der Waals surface area contributed by atoms with Crippen LogP contribution < -0.4 is 5.73 Å². The molecular weight excluding hydrogens is 260 g/mol. The van der Waals surface area contributed by atoms with Gasteiger partial charge in [-0.2, -0.15) is 0 Å². The summed E-state index contributed by atoms with van der Waals surface area (Å²) in [5.41, 5.74) is 9.61. The van der Waals surface area contributed by atoms with E-state index in [1.807, 2.05) is 12.1 Å². The monoisotopic (exact) mass is 278 g/mol. The first-order valence-electron chi connectivity index (χ1n) is 7.14. The lowest BCUT2D eigenvalue weighted by Crippen LogP contribution is -2.10. The van der Waals surface area contributed by atoms with Crippen LogP contribution in [0.25, 0.3) is 10.9 Å². The zero-order valence-corrected chi connectivity index (χ0v) is 12.0. The van der Waals surface area contributed by atoms with Crippen LogP contribution in [0.1, 0.15) is 28.4 Å². The van der Waals surface area contributed by atoms with Gasteiger partial charge in [0.25, 0.3) is 0 Å². The molecule has 0 aliphatic heterocycles. The van der Waals surface area contributed by atoms with Gasteiger partial charge >= 0.3 is 0 Å². The Hall–Kier alpha value is -2.55. The van der Waals surface area contributed by atoms with Crippen molar-refractivity contribution in [2.24, 2.45) is 5.73 Å². The Balaban J connectivity index is 1.96. The van der Waals surface area contributed by atoms with Gasteiger partial charge in [0.15, 0.2) is 0 Å². The van der Waals surface area contributed by atoms with E-state index < -0.39 is 0 Å². The maximum atomic E-state index is 11.1. The lowest BCUT2D eigenvalue weighted by atomic mass is 10.1. The first-order valence-corrected chi connectivity index (χ1v) is 7.14. The van der Waals surface area contributed by atoms with Crippen LogP contribution in [0.3, 0.4) is 0 Å². The molecule has 0 aliphatic rings. The van der Waals surface area contributed by atoms with Gasteiger partial charge in [0.1, 0.15) is 0 Å². The lowest BCUT2D eigenvalue weighted by molar-refractivity contribution is 0.100. The van der Waals surface area contributed by atoms with Gasteiger partial charge in [-0.3, -0.25) is 4.79 Å². The molecule has 0 fully saturated rings. The van der Waals surface area contributed by atoms with Gasteiger partial charge in [-0.25, -0.2) is 0 Å². The van der Waals surface area contributed by atoms with Crippen molar-refractivity contribution in [1.82, 2.24) is 4.57 Å². The summed E-state index contributed by atoms with van der Waals surface area (Å²) in [6.45, 7) is 2.97. The molecule has 106 valence electrons. The molecule has 0 spiro atoms. The molecule has 2 N–H and O–H groups in total. The summed E-state index contributed by atoms with van der Waals surface area (Å²) in [6, 6.07) is 16.0. The molecule has 0 saturated heterocycles. The SMILES string of the molecule is CCc1cccc2ccn(Cc3ccc(C(N)=O)cc3)c12. The first kappa shape index (κ1) is 13.4. The van der Waals surface area contributed by atoms with E-state index in [0.29, 0.717) is 5.56 Å². The van der Waals surface area contributed by atoms with E-state index in [9.17, 15) is 4.79 Å². The third-order valence-electron chi connectivity index (χ3n) is 3.84. The Labute approximate surface area is 124 Å². The minimum absolute atomic E-state index is 0.388. The highest BCUT2D eigenvalue weighted by atomic mass is 16.1. The Morgan fingerprint density at radius 1 is 1.10 bits per heavy atom. The summed E-state index contributed by atoms with van der Waals surface area (Å²) in [7, 11) is 0. The van der Waals surface area contributed by atoms with Crippen molar-refractivity contribution in [2.45, 2.75) is 19.9 Å². The molecular formula is C18H18N2O. The van der Waals surface area contributed by atoms with Crippen LogP contribution in [-0.2, 0) is 13.0 Å². The topological polar surface area (TPSA) is 48.0 Å². The van der Waals surface area contributed by atoms with Gasteiger partial charge in [-0.15, -0.1) is 0 Å². The highest BCUT2D eigenvalue weighted by Crippen LogP contribution is 2.22. The quantitative estimate of drug-likeness (QED) is 0.781. The predicted octanol–water partition coefficient (Wildman–Crippen LogP) is 3.35. The number of amides is 1. The molecule has 1 heterocycles. The Morgan fingerprint density at radius 2 is 1.86 bits per heavy atom. The summed E-state index contributed by atoms with van der Waals surface area (Å²) in [5, 5.41) is 1.27. The highest BCUT2D eigenvalue weighted by molar-refractivity contribution is 5.92. The van der Waals surface area contributed by atoms with Gasteiger partial charge in [-0.1, -0.05) is 37.3 Å². The fourth-order valence-corrected chi connectivity index (χ4v) is 2.73. The number of carbonyl (C=O) groups is 1. The third kappa shape index (κ3) is 2.55. The number of aryl methyl sites for hydroxylation is 1. The van der Waals surface area contributed by atoms with E-state index >= 15 is 0 Å². The van der Waals surface area contributed by atoms with E-state index in [2.05, 4.69) is 42.0 Å². The predicted molar refractivity (Wildman–Crippen MR) is 85.4 cm³/mol. The highest BCUT2D eigenvalue weighted by Gasteiger charge is 2.06. The summed E-state index contributed by atoms with van der Waals surface area (Å²) in [6.07, 6.45) is 3.13. The number of hydrogen-bond acceptors (Lipinski definition) is 1. The zero-order valence-electron chi connectivity index (χ0n) is 12.0. The largest absolute Gasteiger partial charge is 0.366 e. The van der Waals surface area contributed by atoms with Crippen molar-refractivity contribution in [3.8, 4) is 0 Å². The summed E-state index contributed by atoms with van der Waals surface area (Å²) < 4.78 is 2.26. The molecule has 0 aliphatic carbocycles. The maximum Gasteiger partial charge on any atom is 0.248 e. The van der Waals surface area contributed by atoms with Crippen molar-refractivity contribution in [3.63, 3.8) is 0 Å². The van der Waals surface area contributed by atoms with Gasteiger partial charge in [-0.05, 0) is 41.1 Å². The summed E-state index contributed by atoms with van der Waals surface area (Å²) >= 11 is 0. The standard InChI is InChI=1S/C18H18N2O/c1-2-14-4-3-5-15-10-11-20(17(14)15)12-13-6-8-16(9-7-13)18(19)21/h3-11H,2,12H2,1H3,(H2,19,21). The Bertz CT molecular complexity index is 785. The summed E-state index contributed by atoms with van der Waals surface area (Å²) in [5.74, 6) is -0.388. The number of primary amides is 1. The van der Waals surface area contributed by atoms with E-state index in [-0.39, 0.29) is 5.91 Å². The van der Waals surface area contributed by atoms with E-state index in [1.165, 1.54) is 16.5 Å². The fraction of sp³-hybridized carbons (Fsp3) is 0.167. The van der Waals surface area contributed by atoms with Crippen LogP contribution in [0, 0.1) is 0 Å². The number of benzene rings is 2. The number of rotatable bonds is 4. The molecule has 0 saturated carbocycles. The van der Waals surface area contributed by atoms with Gasteiger partial charge < -0.3 is 10.3 Å². The number of fused-ring (bicyclic) bond motifs is 1. The van der Waals surface area contributed by atoms with Crippen LogP contribution in [0.5, 0.6) is 0 Å². The normalized spacial score (nSPS) is 10.9. The van der Waals surface area contributed by atoms with E-state index in [4.69, 9.17) is 5.73 Å². The second-order valence-electron chi connectivity index (χ2n) is 5.21. The van der Waals surface area contributed by atoms with Gasteiger partial charge in [0, 0.05) is 18.3 Å². The van der Waals surface area contributed by atoms with Crippen molar-refractivity contribution in [1.29, 1.82) is 0 Å². The fourth-order valence-electron chi connectivity index (χ4n) is 2.73. The van der Waals surface area contributed by atoms with E-state index in [1.54, 1.807) is 12.1 Å². The van der Waals surface area contributed by atoms with Crippen LogP contribution in [0.2, 0.25) is 0 Å². The average molecular weight is 278 g/mol. The number of para-hydroxylation sites is 1. The number of nitrogens with two attached hydrogens (primary N) is 1. The second-order valence-corrected chi connectivity index (χ2v) is 5.21. The van der Waals surface area contributed by atoms with Crippen LogP contribution in [-0.4, -0.2) is 10.5 Å². The minimum atomic E-state index is -0.388. The van der Waals surface area contributed by atoms with Crippen molar-refractivity contribution < 1.29 is 4.79 Å². The molecule has 3 nitrogen and oxygen atoms in total. The summed E-state index contributed by atoms with van der Waals surface area (Å²) in [4.78, 5) is 11.1. The number of hydrogen-bond donors (Lipinski definition) is 1. The molecule has 3 rings (SSSR count). The number of aromatic nitrogens is 1. The Kier molecular flexibility index (Phi) is 3.48. The van der Waals surface area contributed by atoms with Gasteiger partial charge in [0.2, 0.25) is 5.91 Å². The molecule has 2 aromatic carbocycles. The van der Waals surface area contributed by atoms with Crippen molar-refractivity contribution >= 4 is 16.8 Å². The number of nitrogens with zero attached hydrogens (tertiary/aromatic N) is 1. The van der Waals surface area contributed by atoms with Crippen molar-refractivity contribution in [2.75, 3.05) is 0 Å². The van der Waals surface area contributed by atoms with Crippen LogP contribution >= 0.6 is 0 Å². The Morgan fingerprint density at radius 3 is 2.52 bits per heavy atom. The molecule has 3 heteroatoms. The smallest absolute Gasteiger partial charge is 0.248 e. The molecule has 0 bridgehead atoms. The molecule has 3 aromatic rings. The molecule has 0 radical (unpaired) electrons. The van der Waals surface area contributed by atoms with E-state index in [0.717, 1.165) is 18.5 Å². The second kappa shape index (κ2) is 5.44. The van der Waals surface area contributed by atoms with Gasteiger partial charge in [0.05, 0.1) is 5.52 Å². The molecule has 1 aromatic heterocycles. The lowest BCUT2D eigenvalue weighted by Gasteiger charge is -2.09. The van der Waals surface area contributed by atoms with Crippen LogP contribution in [0.15, 0.2) is 54.7 Å². The van der Waals surface area contributed by atoms with Crippen LogP contribution in [0.4, 0.5) is 0 Å². The average Bonchev–Trinajstić information content (AvgIpc) is 2.91. The third-order valence-corrected chi connectivity index (χ3v) is 3.84. The van der Waals surface area contributed by atoms with Crippen molar-refractivity contribution in [3.05, 3.63) is 71.4 Å².